The Labute approximate surface area is 155 Å². The Morgan fingerprint density at radius 1 is 1.19 bits per heavy atom. The van der Waals surface area contributed by atoms with E-state index in [0.29, 0.717) is 12.3 Å². The highest BCUT2D eigenvalue weighted by atomic mass is 32.1. The Morgan fingerprint density at radius 3 is 2.88 bits per heavy atom. The zero-order chi connectivity index (χ0) is 18.1. The molecule has 2 aromatic carbocycles. The SMILES string of the molecule is COc1cc(-c2nc(CN(C)c3ccc4c(c3)OCO4)cs2)ccc1O. The Hall–Kier alpha value is -2.93. The van der Waals surface area contributed by atoms with Crippen LogP contribution in [0.2, 0.25) is 0 Å². The molecule has 1 N–H and O–H groups in total. The Morgan fingerprint density at radius 2 is 2.04 bits per heavy atom. The summed E-state index contributed by atoms with van der Waals surface area (Å²) in [4.78, 5) is 6.82. The highest BCUT2D eigenvalue weighted by molar-refractivity contribution is 7.13. The van der Waals surface area contributed by atoms with Gasteiger partial charge in [-0.15, -0.1) is 11.3 Å². The summed E-state index contributed by atoms with van der Waals surface area (Å²) in [6.07, 6.45) is 0. The van der Waals surface area contributed by atoms with Crippen LogP contribution in [0.1, 0.15) is 5.69 Å². The number of methoxy groups -OCH3 is 1. The van der Waals surface area contributed by atoms with Gasteiger partial charge in [0.25, 0.3) is 0 Å². The van der Waals surface area contributed by atoms with Crippen LogP contribution in [0, 0.1) is 0 Å². The molecule has 0 radical (unpaired) electrons. The van der Waals surface area contributed by atoms with Gasteiger partial charge in [0.05, 0.1) is 19.3 Å². The number of thiazole rings is 1. The Kier molecular flexibility index (Phi) is 4.30. The Balaban J connectivity index is 1.51. The fraction of sp³-hybridized carbons (Fsp3) is 0.211. The number of phenols is 1. The van der Waals surface area contributed by atoms with Crippen molar-refractivity contribution in [2.75, 3.05) is 25.9 Å². The number of hydrogen-bond donors (Lipinski definition) is 1. The van der Waals surface area contributed by atoms with Crippen LogP contribution < -0.4 is 19.1 Å². The van der Waals surface area contributed by atoms with Gasteiger partial charge in [-0.2, -0.15) is 0 Å². The molecular formula is C19H18N2O4S. The second kappa shape index (κ2) is 6.76. The van der Waals surface area contributed by atoms with Gasteiger partial charge in [0.15, 0.2) is 23.0 Å². The molecule has 4 rings (SSSR count). The minimum atomic E-state index is 0.121. The largest absolute Gasteiger partial charge is 0.504 e. The number of fused-ring (bicyclic) bond motifs is 1. The molecule has 1 aromatic heterocycles. The third-order valence-electron chi connectivity index (χ3n) is 4.17. The van der Waals surface area contributed by atoms with E-state index < -0.39 is 0 Å². The van der Waals surface area contributed by atoms with Crippen LogP contribution in [0.5, 0.6) is 23.0 Å². The first-order chi connectivity index (χ1) is 12.6. The average molecular weight is 370 g/mol. The van der Waals surface area contributed by atoms with Crippen molar-refractivity contribution in [3.8, 4) is 33.6 Å². The maximum Gasteiger partial charge on any atom is 0.231 e. The van der Waals surface area contributed by atoms with E-state index in [1.54, 1.807) is 23.5 Å². The van der Waals surface area contributed by atoms with Crippen LogP contribution >= 0.6 is 11.3 Å². The monoisotopic (exact) mass is 370 g/mol. The summed E-state index contributed by atoms with van der Waals surface area (Å²) in [5.41, 5.74) is 2.92. The first-order valence-electron chi connectivity index (χ1n) is 8.06. The summed E-state index contributed by atoms with van der Waals surface area (Å²) in [5, 5.41) is 12.7. The predicted molar refractivity (Wildman–Crippen MR) is 100 cm³/mol. The molecule has 1 aliphatic rings. The molecule has 7 heteroatoms. The average Bonchev–Trinajstić information content (AvgIpc) is 3.30. The molecule has 0 amide bonds. The molecule has 0 unspecified atom stereocenters. The number of aromatic hydroxyl groups is 1. The maximum absolute atomic E-state index is 9.73. The lowest BCUT2D eigenvalue weighted by Crippen LogP contribution is -2.16. The molecule has 0 bridgehead atoms. The van der Waals surface area contributed by atoms with Crippen LogP contribution in [-0.2, 0) is 6.54 Å². The fourth-order valence-electron chi connectivity index (χ4n) is 2.78. The smallest absolute Gasteiger partial charge is 0.231 e. The zero-order valence-electron chi connectivity index (χ0n) is 14.4. The van der Waals surface area contributed by atoms with Crippen molar-refractivity contribution in [1.82, 2.24) is 4.98 Å². The number of phenolic OH excluding ortho intramolecular Hbond substituents is 1. The summed E-state index contributed by atoms with van der Waals surface area (Å²) < 4.78 is 16.0. The van der Waals surface area contributed by atoms with Crippen molar-refractivity contribution in [3.63, 3.8) is 0 Å². The van der Waals surface area contributed by atoms with Crippen molar-refractivity contribution in [2.24, 2.45) is 0 Å². The van der Waals surface area contributed by atoms with Gasteiger partial charge in [-0.1, -0.05) is 0 Å². The second-order valence-electron chi connectivity index (χ2n) is 5.92. The van der Waals surface area contributed by atoms with Crippen LogP contribution in [-0.4, -0.2) is 31.0 Å². The van der Waals surface area contributed by atoms with Gasteiger partial charge < -0.3 is 24.2 Å². The molecule has 134 valence electrons. The molecule has 26 heavy (non-hydrogen) atoms. The molecule has 0 spiro atoms. The summed E-state index contributed by atoms with van der Waals surface area (Å²) >= 11 is 1.57. The minimum Gasteiger partial charge on any atom is -0.504 e. The first kappa shape index (κ1) is 16.5. The van der Waals surface area contributed by atoms with Crippen molar-refractivity contribution >= 4 is 17.0 Å². The number of benzene rings is 2. The van der Waals surface area contributed by atoms with Gasteiger partial charge in [0.1, 0.15) is 5.01 Å². The summed E-state index contributed by atoms with van der Waals surface area (Å²) in [5.74, 6) is 2.11. The van der Waals surface area contributed by atoms with E-state index in [-0.39, 0.29) is 12.5 Å². The quantitative estimate of drug-likeness (QED) is 0.735. The summed E-state index contributed by atoms with van der Waals surface area (Å²) in [6, 6.07) is 11.1. The number of aromatic nitrogens is 1. The third kappa shape index (κ3) is 3.13. The van der Waals surface area contributed by atoms with E-state index in [0.717, 1.165) is 33.5 Å². The van der Waals surface area contributed by atoms with E-state index in [2.05, 4.69) is 4.90 Å². The number of rotatable bonds is 5. The summed E-state index contributed by atoms with van der Waals surface area (Å²) in [7, 11) is 3.55. The molecule has 0 atom stereocenters. The number of nitrogens with zero attached hydrogens (tertiary/aromatic N) is 2. The van der Waals surface area contributed by atoms with Crippen molar-refractivity contribution in [3.05, 3.63) is 47.5 Å². The molecule has 0 saturated carbocycles. The van der Waals surface area contributed by atoms with Crippen molar-refractivity contribution in [2.45, 2.75) is 6.54 Å². The van der Waals surface area contributed by atoms with Gasteiger partial charge in [0.2, 0.25) is 6.79 Å². The van der Waals surface area contributed by atoms with Crippen LogP contribution in [0.25, 0.3) is 10.6 Å². The minimum absolute atomic E-state index is 0.121. The normalized spacial score (nSPS) is 12.2. The van der Waals surface area contributed by atoms with Crippen molar-refractivity contribution < 1.29 is 19.3 Å². The number of hydrogen-bond acceptors (Lipinski definition) is 7. The van der Waals surface area contributed by atoms with E-state index in [1.807, 2.05) is 36.7 Å². The van der Waals surface area contributed by atoms with E-state index in [9.17, 15) is 5.11 Å². The maximum atomic E-state index is 9.73. The molecule has 2 heterocycles. The van der Waals surface area contributed by atoms with Crippen LogP contribution in [0.4, 0.5) is 5.69 Å². The fourth-order valence-corrected chi connectivity index (χ4v) is 3.59. The van der Waals surface area contributed by atoms with Crippen molar-refractivity contribution in [1.29, 1.82) is 0 Å². The number of ether oxygens (including phenoxy) is 3. The lowest BCUT2D eigenvalue weighted by atomic mass is 10.2. The second-order valence-corrected chi connectivity index (χ2v) is 6.78. The molecule has 0 saturated heterocycles. The van der Waals surface area contributed by atoms with Gasteiger partial charge in [-0.25, -0.2) is 4.98 Å². The lowest BCUT2D eigenvalue weighted by Gasteiger charge is -2.18. The summed E-state index contributed by atoms with van der Waals surface area (Å²) in [6.45, 7) is 0.944. The predicted octanol–water partition coefficient (Wildman–Crippen LogP) is 3.89. The highest BCUT2D eigenvalue weighted by Gasteiger charge is 2.15. The van der Waals surface area contributed by atoms with Gasteiger partial charge in [0, 0.05) is 29.7 Å². The standard InChI is InChI=1S/C19H18N2O4S/c1-21(14-4-6-16-18(8-14)25-11-24-16)9-13-10-26-19(20-13)12-3-5-15(22)17(7-12)23-2/h3-8,10,22H,9,11H2,1-2H3. The molecular weight excluding hydrogens is 352 g/mol. The van der Waals surface area contributed by atoms with Gasteiger partial charge in [-0.05, 0) is 30.3 Å². The Bertz CT molecular complexity index is 941. The van der Waals surface area contributed by atoms with Gasteiger partial charge >= 0.3 is 0 Å². The van der Waals surface area contributed by atoms with Crippen LogP contribution in [0.3, 0.4) is 0 Å². The third-order valence-corrected chi connectivity index (χ3v) is 5.11. The molecule has 6 nitrogen and oxygen atoms in total. The number of anilines is 1. The molecule has 3 aromatic rings. The lowest BCUT2D eigenvalue weighted by molar-refractivity contribution is 0.174. The molecule has 1 aliphatic heterocycles. The first-order valence-corrected chi connectivity index (χ1v) is 8.94. The van der Waals surface area contributed by atoms with E-state index in [4.69, 9.17) is 19.2 Å². The van der Waals surface area contributed by atoms with E-state index in [1.165, 1.54) is 7.11 Å². The molecule has 0 aliphatic carbocycles. The van der Waals surface area contributed by atoms with E-state index >= 15 is 0 Å². The van der Waals surface area contributed by atoms with Gasteiger partial charge in [-0.3, -0.25) is 0 Å². The van der Waals surface area contributed by atoms with Crippen LogP contribution in [0.15, 0.2) is 41.8 Å². The zero-order valence-corrected chi connectivity index (χ0v) is 15.2. The highest BCUT2D eigenvalue weighted by Crippen LogP contribution is 2.36. The topological polar surface area (TPSA) is 64.1 Å². The molecule has 0 fully saturated rings.